The van der Waals surface area contributed by atoms with Crippen LogP contribution in [0.15, 0.2) is 53.4 Å². The van der Waals surface area contributed by atoms with Crippen molar-refractivity contribution in [2.24, 2.45) is 0 Å². The zero-order valence-corrected chi connectivity index (χ0v) is 14.9. The third kappa shape index (κ3) is 5.95. The predicted molar refractivity (Wildman–Crippen MR) is 95.3 cm³/mol. The second-order valence-corrected chi connectivity index (χ2v) is 7.69. The summed E-state index contributed by atoms with van der Waals surface area (Å²) in [5.41, 5.74) is 1.25. The molecule has 7 heteroatoms. The number of anilines is 1. The molecule has 0 atom stereocenters. The van der Waals surface area contributed by atoms with E-state index in [2.05, 4.69) is 10.0 Å². The summed E-state index contributed by atoms with van der Waals surface area (Å²) in [6, 6.07) is 11.9. The Balaban J connectivity index is 1.92. The Hall–Kier alpha value is -2.25. The molecule has 0 unspecified atom stereocenters. The lowest BCUT2D eigenvalue weighted by Crippen LogP contribution is -2.30. The van der Waals surface area contributed by atoms with Gasteiger partial charge >= 0.3 is 0 Å². The molecule has 0 aromatic heterocycles. The molecule has 25 heavy (non-hydrogen) atoms. The summed E-state index contributed by atoms with van der Waals surface area (Å²) in [4.78, 5) is 12.1. The topological polar surface area (TPSA) is 75.3 Å². The normalized spacial score (nSPS) is 11.5. The second kappa shape index (κ2) is 8.22. The lowest BCUT2D eigenvalue weighted by atomic mass is 10.1. The average Bonchev–Trinajstić information content (AvgIpc) is 2.52. The number of carbonyl (C=O) groups is 1. The van der Waals surface area contributed by atoms with Gasteiger partial charge in [0.1, 0.15) is 5.82 Å². The van der Waals surface area contributed by atoms with Gasteiger partial charge in [0.25, 0.3) is 0 Å². The van der Waals surface area contributed by atoms with E-state index in [0.29, 0.717) is 12.1 Å². The van der Waals surface area contributed by atoms with Gasteiger partial charge in [-0.25, -0.2) is 17.5 Å². The first-order valence-electron chi connectivity index (χ1n) is 7.93. The molecule has 134 valence electrons. The summed E-state index contributed by atoms with van der Waals surface area (Å²) >= 11 is 0. The van der Waals surface area contributed by atoms with Gasteiger partial charge in [-0.2, -0.15) is 0 Å². The first kappa shape index (κ1) is 19.1. The van der Waals surface area contributed by atoms with Crippen LogP contribution in [0.3, 0.4) is 0 Å². The molecule has 0 heterocycles. The van der Waals surface area contributed by atoms with Gasteiger partial charge in [-0.3, -0.25) is 4.79 Å². The lowest BCUT2D eigenvalue weighted by molar-refractivity contribution is -0.116. The number of rotatable bonds is 7. The predicted octanol–water partition coefficient (Wildman–Crippen LogP) is 3.08. The minimum absolute atomic E-state index is 0.184. The first-order chi connectivity index (χ1) is 11.8. The number of aryl methyl sites for hydroxylation is 1. The molecular weight excluding hydrogens is 343 g/mol. The maximum absolute atomic E-state index is 13.1. The van der Waals surface area contributed by atoms with E-state index in [4.69, 9.17) is 0 Å². The van der Waals surface area contributed by atoms with Gasteiger partial charge in [0, 0.05) is 18.2 Å². The molecular formula is C18H21FN2O3S. The lowest BCUT2D eigenvalue weighted by Gasteiger charge is -2.10. The van der Waals surface area contributed by atoms with Gasteiger partial charge in [0.2, 0.25) is 15.9 Å². The van der Waals surface area contributed by atoms with Crippen molar-refractivity contribution >= 4 is 21.6 Å². The molecule has 2 aromatic carbocycles. The zero-order valence-electron chi connectivity index (χ0n) is 14.1. The Kier molecular flexibility index (Phi) is 6.27. The minimum Gasteiger partial charge on any atom is -0.326 e. The Labute approximate surface area is 147 Å². The van der Waals surface area contributed by atoms with E-state index in [1.807, 2.05) is 0 Å². The van der Waals surface area contributed by atoms with Crippen LogP contribution in [-0.4, -0.2) is 20.4 Å². The molecule has 2 aromatic rings. The average molecular weight is 364 g/mol. The number of benzene rings is 2. The maximum atomic E-state index is 13.1. The van der Waals surface area contributed by atoms with Crippen LogP contribution >= 0.6 is 0 Å². The highest BCUT2D eigenvalue weighted by Crippen LogP contribution is 2.14. The molecule has 0 radical (unpaired) electrons. The molecule has 0 aliphatic rings. The summed E-state index contributed by atoms with van der Waals surface area (Å²) in [6.45, 7) is 3.51. The van der Waals surface area contributed by atoms with Crippen LogP contribution in [0, 0.1) is 5.82 Å². The molecule has 0 saturated heterocycles. The van der Waals surface area contributed by atoms with Crippen LogP contribution in [0.5, 0.6) is 0 Å². The molecule has 2 N–H and O–H groups in total. The van der Waals surface area contributed by atoms with Crippen LogP contribution < -0.4 is 10.0 Å². The molecule has 0 aliphatic carbocycles. The Morgan fingerprint density at radius 3 is 2.40 bits per heavy atom. The third-order valence-electron chi connectivity index (χ3n) is 3.37. The summed E-state index contributed by atoms with van der Waals surface area (Å²) in [5.74, 6) is -0.645. The van der Waals surface area contributed by atoms with Crippen molar-refractivity contribution in [3.8, 4) is 0 Å². The van der Waals surface area contributed by atoms with Gasteiger partial charge in [0.05, 0.1) is 4.90 Å². The molecule has 5 nitrogen and oxygen atoms in total. The molecule has 0 spiro atoms. The van der Waals surface area contributed by atoms with Gasteiger partial charge in [-0.05, 0) is 56.2 Å². The van der Waals surface area contributed by atoms with Crippen molar-refractivity contribution in [2.75, 3.05) is 5.32 Å². The van der Waals surface area contributed by atoms with Crippen LogP contribution in [0.2, 0.25) is 0 Å². The highest BCUT2D eigenvalue weighted by Gasteiger charge is 2.15. The number of halogens is 1. The fraction of sp³-hybridized carbons (Fsp3) is 0.278. The third-order valence-corrected chi connectivity index (χ3v) is 5.05. The molecule has 0 bridgehead atoms. The number of nitrogens with one attached hydrogen (secondary N) is 2. The smallest absolute Gasteiger partial charge is 0.240 e. The largest absolute Gasteiger partial charge is 0.326 e. The van der Waals surface area contributed by atoms with E-state index < -0.39 is 15.8 Å². The first-order valence-corrected chi connectivity index (χ1v) is 9.41. The van der Waals surface area contributed by atoms with E-state index in [0.717, 1.165) is 5.56 Å². The summed E-state index contributed by atoms with van der Waals surface area (Å²) < 4.78 is 39.7. The van der Waals surface area contributed by atoms with Gasteiger partial charge in [-0.15, -0.1) is 0 Å². The van der Waals surface area contributed by atoms with Crippen molar-refractivity contribution in [3.63, 3.8) is 0 Å². The van der Waals surface area contributed by atoms with E-state index in [-0.39, 0.29) is 23.3 Å². The van der Waals surface area contributed by atoms with E-state index in [1.165, 1.54) is 30.3 Å². The van der Waals surface area contributed by atoms with Gasteiger partial charge < -0.3 is 5.32 Å². The quantitative estimate of drug-likeness (QED) is 0.793. The highest BCUT2D eigenvalue weighted by atomic mass is 32.2. The SMILES string of the molecule is CC(C)NS(=O)(=O)c1ccc(CCC(=O)Nc2cccc(F)c2)cc1. The Morgan fingerprint density at radius 2 is 1.80 bits per heavy atom. The van der Waals surface area contributed by atoms with Gasteiger partial charge in [-0.1, -0.05) is 18.2 Å². The van der Waals surface area contributed by atoms with Crippen LogP contribution in [0.25, 0.3) is 0 Å². The number of carbonyl (C=O) groups excluding carboxylic acids is 1. The molecule has 2 rings (SSSR count). The monoisotopic (exact) mass is 364 g/mol. The fourth-order valence-corrected chi connectivity index (χ4v) is 3.51. The number of amides is 1. The summed E-state index contributed by atoms with van der Waals surface area (Å²) in [7, 11) is -3.52. The van der Waals surface area contributed by atoms with Crippen LogP contribution in [-0.2, 0) is 21.2 Å². The molecule has 1 amide bonds. The summed E-state index contributed by atoms with van der Waals surface area (Å²) in [5, 5.41) is 2.63. The molecule has 0 aliphatic heterocycles. The van der Waals surface area contributed by atoms with Crippen molar-refractivity contribution < 1.29 is 17.6 Å². The number of sulfonamides is 1. The van der Waals surface area contributed by atoms with E-state index in [1.54, 1.807) is 32.0 Å². The van der Waals surface area contributed by atoms with Gasteiger partial charge in [0.15, 0.2) is 0 Å². The highest BCUT2D eigenvalue weighted by molar-refractivity contribution is 7.89. The number of hydrogen-bond acceptors (Lipinski definition) is 3. The fourth-order valence-electron chi connectivity index (χ4n) is 2.26. The maximum Gasteiger partial charge on any atom is 0.240 e. The number of hydrogen-bond donors (Lipinski definition) is 2. The summed E-state index contributed by atoms with van der Waals surface area (Å²) in [6.07, 6.45) is 0.673. The van der Waals surface area contributed by atoms with Crippen molar-refractivity contribution in [2.45, 2.75) is 37.6 Å². The molecule has 0 saturated carbocycles. The standard InChI is InChI=1S/C18H21FN2O3S/c1-13(2)21-25(23,24)17-9-6-14(7-10-17)8-11-18(22)20-16-5-3-4-15(19)12-16/h3-7,9-10,12-13,21H,8,11H2,1-2H3,(H,20,22). The second-order valence-electron chi connectivity index (χ2n) is 5.98. The van der Waals surface area contributed by atoms with E-state index in [9.17, 15) is 17.6 Å². The molecule has 0 fully saturated rings. The Bertz CT molecular complexity index is 834. The zero-order chi connectivity index (χ0) is 18.4. The van der Waals surface area contributed by atoms with Crippen LogP contribution in [0.4, 0.5) is 10.1 Å². The van der Waals surface area contributed by atoms with Crippen molar-refractivity contribution in [1.82, 2.24) is 4.72 Å². The van der Waals surface area contributed by atoms with Crippen molar-refractivity contribution in [3.05, 3.63) is 59.9 Å². The van der Waals surface area contributed by atoms with Crippen LogP contribution in [0.1, 0.15) is 25.8 Å². The minimum atomic E-state index is -3.52. The Morgan fingerprint density at radius 1 is 1.12 bits per heavy atom. The van der Waals surface area contributed by atoms with E-state index >= 15 is 0 Å². The van der Waals surface area contributed by atoms with Crippen molar-refractivity contribution in [1.29, 1.82) is 0 Å².